The average molecular weight is 390 g/mol. The Morgan fingerprint density at radius 1 is 1.43 bits per heavy atom. The summed E-state index contributed by atoms with van der Waals surface area (Å²) in [5.41, 5.74) is 1.84. The fourth-order valence-electron chi connectivity index (χ4n) is 2.04. The zero-order chi connectivity index (χ0) is 15.6. The van der Waals surface area contributed by atoms with Crippen molar-refractivity contribution < 1.29 is 4.39 Å². The van der Waals surface area contributed by atoms with Gasteiger partial charge in [0.1, 0.15) is 16.3 Å². The Morgan fingerprint density at radius 2 is 2.14 bits per heavy atom. The fraction of sp³-hybridized carbons (Fsp3) is 0.333. The van der Waals surface area contributed by atoms with Crippen LogP contribution in [0.15, 0.2) is 22.7 Å². The summed E-state index contributed by atoms with van der Waals surface area (Å²) in [6.07, 6.45) is 1.36. The summed E-state index contributed by atoms with van der Waals surface area (Å²) in [6, 6.07) is 4.36. The summed E-state index contributed by atoms with van der Waals surface area (Å²) in [4.78, 5) is 7.66. The third-order valence-electron chi connectivity index (χ3n) is 2.97. The van der Waals surface area contributed by atoms with Gasteiger partial charge in [-0.05, 0) is 46.0 Å². The predicted octanol–water partition coefficient (Wildman–Crippen LogP) is 5.48. The molecule has 0 spiro atoms. The third kappa shape index (κ3) is 4.34. The van der Waals surface area contributed by atoms with Gasteiger partial charge in [0.25, 0.3) is 0 Å². The SMILES string of the molecule is CC(C)Cc1[nH]c(Cc2ccc(F)cc2Cl)nc(=S)c1Br. The van der Waals surface area contributed by atoms with Crippen LogP contribution in [-0.2, 0) is 12.8 Å². The Morgan fingerprint density at radius 3 is 2.76 bits per heavy atom. The molecule has 0 unspecified atom stereocenters. The van der Waals surface area contributed by atoms with E-state index in [1.165, 1.54) is 12.1 Å². The van der Waals surface area contributed by atoms with Crippen molar-refractivity contribution in [3.63, 3.8) is 0 Å². The van der Waals surface area contributed by atoms with Gasteiger partial charge >= 0.3 is 0 Å². The second-order valence-corrected chi connectivity index (χ2v) is 6.88. The van der Waals surface area contributed by atoms with Gasteiger partial charge in [0.15, 0.2) is 0 Å². The number of hydrogen-bond donors (Lipinski definition) is 1. The number of benzene rings is 1. The molecular weight excluding hydrogens is 375 g/mol. The molecule has 0 bridgehead atoms. The van der Waals surface area contributed by atoms with Gasteiger partial charge < -0.3 is 4.98 Å². The van der Waals surface area contributed by atoms with Gasteiger partial charge in [-0.2, -0.15) is 0 Å². The zero-order valence-corrected chi connectivity index (χ0v) is 14.9. The van der Waals surface area contributed by atoms with E-state index in [4.69, 9.17) is 23.8 Å². The summed E-state index contributed by atoms with van der Waals surface area (Å²) in [5.74, 6) is 0.880. The van der Waals surface area contributed by atoms with E-state index in [1.807, 2.05) is 0 Å². The molecule has 0 saturated heterocycles. The highest BCUT2D eigenvalue weighted by atomic mass is 79.9. The number of nitrogens with one attached hydrogen (secondary N) is 1. The van der Waals surface area contributed by atoms with E-state index in [1.54, 1.807) is 6.07 Å². The number of rotatable bonds is 4. The van der Waals surface area contributed by atoms with E-state index < -0.39 is 0 Å². The Labute approximate surface area is 141 Å². The predicted molar refractivity (Wildman–Crippen MR) is 89.9 cm³/mol. The van der Waals surface area contributed by atoms with Crippen LogP contribution in [0.5, 0.6) is 0 Å². The first-order valence-electron chi connectivity index (χ1n) is 6.58. The van der Waals surface area contributed by atoms with E-state index >= 15 is 0 Å². The second-order valence-electron chi connectivity index (χ2n) is 5.29. The largest absolute Gasteiger partial charge is 0.346 e. The highest BCUT2D eigenvalue weighted by molar-refractivity contribution is 9.10. The van der Waals surface area contributed by atoms with Crippen LogP contribution in [0.25, 0.3) is 0 Å². The van der Waals surface area contributed by atoms with Gasteiger partial charge in [-0.25, -0.2) is 9.37 Å². The highest BCUT2D eigenvalue weighted by Gasteiger charge is 2.10. The molecule has 2 aromatic rings. The Kier molecular flexibility index (Phi) is 5.52. The van der Waals surface area contributed by atoms with Crippen LogP contribution < -0.4 is 0 Å². The molecule has 2 nitrogen and oxygen atoms in total. The van der Waals surface area contributed by atoms with Gasteiger partial charge in [0.05, 0.1) is 4.47 Å². The minimum absolute atomic E-state index is 0.346. The van der Waals surface area contributed by atoms with E-state index in [2.05, 4.69) is 39.7 Å². The minimum atomic E-state index is -0.346. The van der Waals surface area contributed by atoms with Crippen molar-refractivity contribution in [3.8, 4) is 0 Å². The molecule has 2 rings (SSSR count). The van der Waals surface area contributed by atoms with Crippen LogP contribution in [0.1, 0.15) is 30.9 Å². The quantitative estimate of drug-likeness (QED) is 0.701. The van der Waals surface area contributed by atoms with Gasteiger partial charge in [0.2, 0.25) is 0 Å². The number of aromatic amines is 1. The molecule has 0 atom stereocenters. The summed E-state index contributed by atoms with van der Waals surface area (Å²) in [5, 5.41) is 0.393. The van der Waals surface area contributed by atoms with Crippen molar-refractivity contribution in [2.75, 3.05) is 0 Å². The zero-order valence-electron chi connectivity index (χ0n) is 11.7. The number of H-pyrrole nitrogens is 1. The molecule has 6 heteroatoms. The van der Waals surface area contributed by atoms with Crippen LogP contribution in [0, 0.1) is 16.4 Å². The first-order valence-corrected chi connectivity index (χ1v) is 8.16. The molecule has 21 heavy (non-hydrogen) atoms. The lowest BCUT2D eigenvalue weighted by molar-refractivity contribution is 0.625. The molecule has 112 valence electrons. The lowest BCUT2D eigenvalue weighted by Crippen LogP contribution is -2.06. The summed E-state index contributed by atoms with van der Waals surface area (Å²) in [7, 11) is 0. The first kappa shape index (κ1) is 16.6. The van der Waals surface area contributed by atoms with Crippen LogP contribution in [0.2, 0.25) is 5.02 Å². The molecule has 1 N–H and O–H groups in total. The van der Waals surface area contributed by atoms with Crippen molar-refractivity contribution in [3.05, 3.63) is 55.2 Å². The van der Waals surface area contributed by atoms with Crippen molar-refractivity contribution >= 4 is 39.7 Å². The molecule has 1 heterocycles. The van der Waals surface area contributed by atoms with Crippen LogP contribution in [-0.4, -0.2) is 9.97 Å². The Balaban J connectivity index is 2.36. The number of nitrogens with zero attached hydrogens (tertiary/aromatic N) is 1. The molecule has 0 radical (unpaired) electrons. The molecular formula is C15H15BrClFN2S. The molecule has 0 aliphatic heterocycles. The topological polar surface area (TPSA) is 28.7 Å². The molecule has 0 aliphatic rings. The molecule has 0 saturated carbocycles. The lowest BCUT2D eigenvalue weighted by atomic mass is 10.1. The van der Waals surface area contributed by atoms with Crippen molar-refractivity contribution in [1.82, 2.24) is 9.97 Å². The van der Waals surface area contributed by atoms with Crippen molar-refractivity contribution in [2.45, 2.75) is 26.7 Å². The monoisotopic (exact) mass is 388 g/mol. The third-order valence-corrected chi connectivity index (χ3v) is 4.73. The van der Waals surface area contributed by atoms with Gasteiger partial charge in [-0.1, -0.05) is 43.7 Å². The second kappa shape index (κ2) is 6.99. The highest BCUT2D eigenvalue weighted by Crippen LogP contribution is 2.22. The molecule has 0 fully saturated rings. The Hall–Kier alpha value is -0.780. The van der Waals surface area contributed by atoms with Crippen molar-refractivity contribution in [2.24, 2.45) is 5.92 Å². The maximum absolute atomic E-state index is 13.1. The number of hydrogen-bond acceptors (Lipinski definition) is 2. The maximum Gasteiger partial charge on any atom is 0.144 e. The van der Waals surface area contributed by atoms with E-state index in [9.17, 15) is 4.39 Å². The first-order chi connectivity index (χ1) is 9.86. The summed E-state index contributed by atoms with van der Waals surface area (Å²) in [6.45, 7) is 4.28. The molecule has 0 amide bonds. The Bertz CT molecular complexity index is 715. The number of halogens is 3. The molecule has 1 aromatic carbocycles. The van der Waals surface area contributed by atoms with Gasteiger partial charge in [-0.15, -0.1) is 0 Å². The van der Waals surface area contributed by atoms with Crippen LogP contribution >= 0.6 is 39.7 Å². The van der Waals surface area contributed by atoms with Crippen molar-refractivity contribution in [1.29, 1.82) is 0 Å². The van der Waals surface area contributed by atoms with E-state index in [0.29, 0.717) is 22.0 Å². The summed E-state index contributed by atoms with van der Waals surface area (Å²) < 4.78 is 14.4. The summed E-state index contributed by atoms with van der Waals surface area (Å²) >= 11 is 14.8. The number of aromatic nitrogens is 2. The van der Waals surface area contributed by atoms with Crippen LogP contribution in [0.3, 0.4) is 0 Å². The molecule has 1 aromatic heterocycles. The lowest BCUT2D eigenvalue weighted by Gasteiger charge is -2.11. The minimum Gasteiger partial charge on any atom is -0.346 e. The normalized spacial score (nSPS) is 11.1. The average Bonchev–Trinajstić information content (AvgIpc) is 2.38. The van der Waals surface area contributed by atoms with E-state index in [-0.39, 0.29) is 5.82 Å². The van der Waals surface area contributed by atoms with Gasteiger partial charge in [0, 0.05) is 17.1 Å². The smallest absolute Gasteiger partial charge is 0.144 e. The molecule has 0 aliphatic carbocycles. The fourth-order valence-corrected chi connectivity index (χ4v) is 2.85. The standard InChI is InChI=1S/C15H15BrClFN2S/c1-8(2)5-12-14(16)15(21)20-13(19-12)6-9-3-4-10(18)7-11(9)17/h3-4,7-8H,5-6H2,1-2H3,(H,19,20,21). The van der Waals surface area contributed by atoms with Crippen LogP contribution in [0.4, 0.5) is 4.39 Å². The maximum atomic E-state index is 13.1. The van der Waals surface area contributed by atoms with Gasteiger partial charge in [-0.3, -0.25) is 0 Å². The van der Waals surface area contributed by atoms with E-state index in [0.717, 1.165) is 28.0 Å².